The van der Waals surface area contributed by atoms with Crippen molar-refractivity contribution in [3.05, 3.63) is 40.6 Å². The fraction of sp³-hybridized carbons (Fsp3) is 0.438. The number of carboxylic acid groups (broad SMARTS) is 1. The van der Waals surface area contributed by atoms with Crippen molar-refractivity contribution in [1.29, 1.82) is 0 Å². The number of benzene rings is 1. The fourth-order valence-electron chi connectivity index (χ4n) is 2.40. The second-order valence-corrected chi connectivity index (χ2v) is 5.09. The molecule has 0 fully saturated rings. The molecule has 0 bridgehead atoms. The zero-order valence-corrected chi connectivity index (χ0v) is 11.9. The Balaban J connectivity index is 2.00. The summed E-state index contributed by atoms with van der Waals surface area (Å²) in [6, 6.07) is 6.21. The Morgan fingerprint density at radius 1 is 1.45 bits per heavy atom. The van der Waals surface area contributed by atoms with E-state index in [1.807, 2.05) is 6.07 Å². The van der Waals surface area contributed by atoms with Gasteiger partial charge in [-0.1, -0.05) is 25.1 Å². The number of hydrogen-bond acceptors (Lipinski definition) is 3. The Morgan fingerprint density at radius 3 is 2.95 bits per heavy atom. The highest BCUT2D eigenvalue weighted by molar-refractivity contribution is 5.66. The van der Waals surface area contributed by atoms with Gasteiger partial charge in [0.25, 0.3) is 0 Å². The van der Waals surface area contributed by atoms with E-state index in [4.69, 9.17) is 14.6 Å². The van der Waals surface area contributed by atoms with Gasteiger partial charge in [0.15, 0.2) is 0 Å². The van der Waals surface area contributed by atoms with Crippen molar-refractivity contribution in [2.75, 3.05) is 13.7 Å². The predicted octanol–water partition coefficient (Wildman–Crippen LogP) is 2.86. The SMILES string of the molecule is COC1=Cc2ccc(COCCC(=O)O)cc2CC1C. The molecule has 1 aromatic rings. The molecule has 1 N–H and O–H groups in total. The van der Waals surface area contributed by atoms with Crippen LogP contribution in [-0.2, 0) is 27.3 Å². The zero-order valence-electron chi connectivity index (χ0n) is 11.9. The predicted molar refractivity (Wildman–Crippen MR) is 76.2 cm³/mol. The van der Waals surface area contributed by atoms with E-state index in [9.17, 15) is 4.79 Å². The molecule has 1 unspecified atom stereocenters. The van der Waals surface area contributed by atoms with E-state index in [0.29, 0.717) is 12.5 Å². The second-order valence-electron chi connectivity index (χ2n) is 5.09. The lowest BCUT2D eigenvalue weighted by Crippen LogP contribution is -2.11. The van der Waals surface area contributed by atoms with Crippen molar-refractivity contribution in [3.63, 3.8) is 0 Å². The number of methoxy groups -OCH3 is 1. The van der Waals surface area contributed by atoms with Gasteiger partial charge in [-0.15, -0.1) is 0 Å². The van der Waals surface area contributed by atoms with Gasteiger partial charge in [-0.05, 0) is 29.2 Å². The van der Waals surface area contributed by atoms with Crippen molar-refractivity contribution >= 4 is 12.0 Å². The number of hydrogen-bond donors (Lipinski definition) is 1. The molecule has 1 aliphatic carbocycles. The Kier molecular flexibility index (Phi) is 4.79. The summed E-state index contributed by atoms with van der Waals surface area (Å²) >= 11 is 0. The van der Waals surface area contributed by atoms with Gasteiger partial charge in [0, 0.05) is 5.92 Å². The minimum absolute atomic E-state index is 0.0436. The van der Waals surface area contributed by atoms with Crippen LogP contribution in [0.4, 0.5) is 0 Å². The minimum atomic E-state index is -0.832. The van der Waals surface area contributed by atoms with Crippen molar-refractivity contribution in [3.8, 4) is 0 Å². The molecule has 20 heavy (non-hydrogen) atoms. The average molecular weight is 276 g/mol. The molecule has 0 radical (unpaired) electrons. The van der Waals surface area contributed by atoms with Crippen molar-refractivity contribution < 1.29 is 19.4 Å². The van der Waals surface area contributed by atoms with Crippen LogP contribution in [0.3, 0.4) is 0 Å². The third-order valence-electron chi connectivity index (χ3n) is 3.48. The van der Waals surface area contributed by atoms with Crippen molar-refractivity contribution in [1.82, 2.24) is 0 Å². The molecule has 2 rings (SSSR count). The van der Waals surface area contributed by atoms with Crippen LogP contribution in [0.1, 0.15) is 30.0 Å². The van der Waals surface area contributed by atoms with Crippen LogP contribution in [0.5, 0.6) is 0 Å². The maximum atomic E-state index is 10.4. The van der Waals surface area contributed by atoms with Gasteiger partial charge < -0.3 is 14.6 Å². The molecular formula is C16H20O4. The molecule has 0 heterocycles. The third-order valence-corrected chi connectivity index (χ3v) is 3.48. The largest absolute Gasteiger partial charge is 0.501 e. The maximum Gasteiger partial charge on any atom is 0.305 e. The van der Waals surface area contributed by atoms with E-state index in [-0.39, 0.29) is 13.0 Å². The van der Waals surface area contributed by atoms with Gasteiger partial charge in [0.1, 0.15) is 0 Å². The van der Waals surface area contributed by atoms with E-state index in [1.165, 1.54) is 11.1 Å². The Labute approximate surface area is 119 Å². The van der Waals surface area contributed by atoms with E-state index in [2.05, 4.69) is 25.1 Å². The third kappa shape index (κ3) is 3.61. The van der Waals surface area contributed by atoms with Gasteiger partial charge in [0.05, 0.1) is 32.5 Å². The molecule has 0 aliphatic heterocycles. The number of carboxylic acids is 1. The quantitative estimate of drug-likeness (QED) is 0.812. The van der Waals surface area contributed by atoms with Gasteiger partial charge in [0.2, 0.25) is 0 Å². The lowest BCUT2D eigenvalue weighted by molar-refractivity contribution is -0.138. The normalized spacial score (nSPS) is 17.3. The molecule has 4 nitrogen and oxygen atoms in total. The van der Waals surface area contributed by atoms with Crippen molar-refractivity contribution in [2.24, 2.45) is 5.92 Å². The number of carbonyl (C=O) groups is 1. The van der Waals surface area contributed by atoms with E-state index in [0.717, 1.165) is 17.7 Å². The summed E-state index contributed by atoms with van der Waals surface area (Å²) in [5.74, 6) is 0.570. The van der Waals surface area contributed by atoms with Gasteiger partial charge >= 0.3 is 5.97 Å². The first-order valence-corrected chi connectivity index (χ1v) is 6.77. The minimum Gasteiger partial charge on any atom is -0.501 e. The van der Waals surface area contributed by atoms with Gasteiger partial charge in [-0.2, -0.15) is 0 Å². The summed E-state index contributed by atoms with van der Waals surface area (Å²) in [5.41, 5.74) is 3.56. The topological polar surface area (TPSA) is 55.8 Å². The van der Waals surface area contributed by atoms with Crippen LogP contribution in [0.2, 0.25) is 0 Å². The molecular weight excluding hydrogens is 256 g/mol. The summed E-state index contributed by atoms with van der Waals surface area (Å²) in [5, 5.41) is 8.55. The molecule has 1 atom stereocenters. The fourth-order valence-corrected chi connectivity index (χ4v) is 2.40. The zero-order chi connectivity index (χ0) is 14.5. The maximum absolute atomic E-state index is 10.4. The molecule has 0 amide bonds. The van der Waals surface area contributed by atoms with E-state index < -0.39 is 5.97 Å². The average Bonchev–Trinajstić information content (AvgIpc) is 2.42. The first-order chi connectivity index (χ1) is 9.60. The van der Waals surface area contributed by atoms with Crippen LogP contribution in [0.25, 0.3) is 6.08 Å². The standard InChI is InChI=1S/C16H20O4/c1-11-7-14-8-12(10-20-6-5-16(17)18)3-4-13(14)9-15(11)19-2/h3-4,8-9,11H,5-7,10H2,1-2H3,(H,17,18). The first-order valence-electron chi connectivity index (χ1n) is 6.77. The highest BCUT2D eigenvalue weighted by Gasteiger charge is 2.18. The second kappa shape index (κ2) is 6.57. The first kappa shape index (κ1) is 14.6. The molecule has 0 saturated carbocycles. The molecule has 0 aromatic heterocycles. The summed E-state index contributed by atoms with van der Waals surface area (Å²) < 4.78 is 10.7. The summed E-state index contributed by atoms with van der Waals surface area (Å²) in [4.78, 5) is 10.4. The summed E-state index contributed by atoms with van der Waals surface area (Å²) in [6.07, 6.45) is 3.08. The molecule has 4 heteroatoms. The van der Waals surface area contributed by atoms with Crippen LogP contribution in [-0.4, -0.2) is 24.8 Å². The number of allylic oxidation sites excluding steroid dienone is 1. The highest BCUT2D eigenvalue weighted by atomic mass is 16.5. The van der Waals surface area contributed by atoms with E-state index >= 15 is 0 Å². The Hall–Kier alpha value is -1.81. The van der Waals surface area contributed by atoms with E-state index in [1.54, 1.807) is 7.11 Å². The number of fused-ring (bicyclic) bond motifs is 1. The Morgan fingerprint density at radius 2 is 2.25 bits per heavy atom. The number of rotatable bonds is 6. The lowest BCUT2D eigenvalue weighted by Gasteiger charge is -2.22. The molecule has 0 saturated heterocycles. The van der Waals surface area contributed by atoms with Crippen LogP contribution >= 0.6 is 0 Å². The molecule has 108 valence electrons. The van der Waals surface area contributed by atoms with Crippen molar-refractivity contribution in [2.45, 2.75) is 26.4 Å². The molecule has 1 aromatic carbocycles. The molecule has 1 aliphatic rings. The van der Waals surface area contributed by atoms with Crippen LogP contribution in [0.15, 0.2) is 24.0 Å². The number of aliphatic carboxylic acids is 1. The van der Waals surface area contributed by atoms with Crippen LogP contribution in [0, 0.1) is 5.92 Å². The smallest absolute Gasteiger partial charge is 0.305 e. The summed E-state index contributed by atoms with van der Waals surface area (Å²) in [7, 11) is 1.71. The summed E-state index contributed by atoms with van der Waals surface area (Å²) in [6.45, 7) is 2.85. The Bertz CT molecular complexity index is 519. The van der Waals surface area contributed by atoms with Crippen LogP contribution < -0.4 is 0 Å². The lowest BCUT2D eigenvalue weighted by atomic mass is 9.88. The monoisotopic (exact) mass is 276 g/mol. The van der Waals surface area contributed by atoms with Gasteiger partial charge in [-0.25, -0.2) is 0 Å². The van der Waals surface area contributed by atoms with Gasteiger partial charge in [-0.3, -0.25) is 4.79 Å². The number of ether oxygens (including phenoxy) is 2. The molecule has 0 spiro atoms. The highest BCUT2D eigenvalue weighted by Crippen LogP contribution is 2.29.